The summed E-state index contributed by atoms with van der Waals surface area (Å²) in [6.45, 7) is 4.12. The monoisotopic (exact) mass is 415 g/mol. The zero-order valence-corrected chi connectivity index (χ0v) is 18.0. The summed E-state index contributed by atoms with van der Waals surface area (Å²) < 4.78 is 30.2. The molecule has 1 saturated heterocycles. The van der Waals surface area contributed by atoms with Crippen LogP contribution in [0.2, 0.25) is 0 Å². The maximum absolute atomic E-state index is 13.3. The SMILES string of the molecule is CN=C(NCCc1cc(OC)ccc1OC)N1CC(C)OC(c2ccc(F)cc2)C1. The second-order valence-electron chi connectivity index (χ2n) is 7.29. The number of nitrogens with one attached hydrogen (secondary N) is 1. The first kappa shape index (κ1) is 21.9. The van der Waals surface area contributed by atoms with E-state index in [2.05, 4.69) is 15.2 Å². The summed E-state index contributed by atoms with van der Waals surface area (Å²) in [6.07, 6.45) is 0.665. The molecule has 3 rings (SSSR count). The molecule has 162 valence electrons. The van der Waals surface area contributed by atoms with Gasteiger partial charge in [-0.1, -0.05) is 12.1 Å². The van der Waals surface area contributed by atoms with Crippen molar-refractivity contribution in [2.45, 2.75) is 25.6 Å². The van der Waals surface area contributed by atoms with E-state index in [0.717, 1.165) is 41.6 Å². The van der Waals surface area contributed by atoms with Gasteiger partial charge < -0.3 is 24.4 Å². The lowest BCUT2D eigenvalue weighted by molar-refractivity contribution is -0.0604. The molecule has 1 heterocycles. The number of rotatable bonds is 6. The van der Waals surface area contributed by atoms with Crippen molar-refractivity contribution in [1.82, 2.24) is 10.2 Å². The molecule has 1 aliphatic rings. The zero-order valence-electron chi connectivity index (χ0n) is 18.0. The fourth-order valence-corrected chi connectivity index (χ4v) is 3.70. The minimum atomic E-state index is -0.245. The molecule has 1 fully saturated rings. The van der Waals surface area contributed by atoms with Crippen molar-refractivity contribution in [3.05, 3.63) is 59.4 Å². The van der Waals surface area contributed by atoms with Crippen molar-refractivity contribution < 1.29 is 18.6 Å². The molecule has 0 saturated carbocycles. The highest BCUT2D eigenvalue weighted by Gasteiger charge is 2.28. The Morgan fingerprint density at radius 3 is 2.60 bits per heavy atom. The van der Waals surface area contributed by atoms with Crippen LogP contribution in [0.25, 0.3) is 0 Å². The van der Waals surface area contributed by atoms with Crippen LogP contribution in [0.15, 0.2) is 47.5 Å². The first-order valence-corrected chi connectivity index (χ1v) is 10.1. The summed E-state index contributed by atoms with van der Waals surface area (Å²) >= 11 is 0. The molecule has 1 N–H and O–H groups in total. The zero-order chi connectivity index (χ0) is 21.5. The van der Waals surface area contributed by atoms with Gasteiger partial charge in [0.15, 0.2) is 5.96 Å². The van der Waals surface area contributed by atoms with Crippen molar-refractivity contribution in [3.8, 4) is 11.5 Å². The Hall–Kier alpha value is -2.80. The van der Waals surface area contributed by atoms with E-state index in [0.29, 0.717) is 13.1 Å². The lowest BCUT2D eigenvalue weighted by Gasteiger charge is -2.38. The van der Waals surface area contributed by atoms with Gasteiger partial charge in [0, 0.05) is 20.1 Å². The van der Waals surface area contributed by atoms with Crippen molar-refractivity contribution in [3.63, 3.8) is 0 Å². The average Bonchev–Trinajstić information content (AvgIpc) is 2.76. The summed E-state index contributed by atoms with van der Waals surface area (Å²) in [5, 5.41) is 3.44. The number of guanidine groups is 1. The molecule has 1 aliphatic heterocycles. The number of morpholine rings is 1. The van der Waals surface area contributed by atoms with Gasteiger partial charge in [-0.05, 0) is 54.8 Å². The van der Waals surface area contributed by atoms with Gasteiger partial charge >= 0.3 is 0 Å². The second-order valence-corrected chi connectivity index (χ2v) is 7.29. The lowest BCUT2D eigenvalue weighted by atomic mass is 10.1. The highest BCUT2D eigenvalue weighted by atomic mass is 19.1. The number of methoxy groups -OCH3 is 2. The number of hydrogen-bond acceptors (Lipinski definition) is 4. The molecule has 0 spiro atoms. The van der Waals surface area contributed by atoms with E-state index in [1.165, 1.54) is 12.1 Å². The molecule has 30 heavy (non-hydrogen) atoms. The Labute approximate surface area is 177 Å². The lowest BCUT2D eigenvalue weighted by Crippen LogP contribution is -2.51. The molecular formula is C23H30FN3O3. The van der Waals surface area contributed by atoms with Crippen LogP contribution < -0.4 is 14.8 Å². The van der Waals surface area contributed by atoms with Crippen molar-refractivity contribution in [2.75, 3.05) is 40.9 Å². The number of benzene rings is 2. The third kappa shape index (κ3) is 5.42. The Morgan fingerprint density at radius 1 is 1.17 bits per heavy atom. The predicted octanol–water partition coefficient (Wildman–Crippen LogP) is 3.42. The minimum Gasteiger partial charge on any atom is -0.497 e. The highest BCUT2D eigenvalue weighted by Crippen LogP contribution is 2.26. The first-order chi connectivity index (χ1) is 14.5. The Balaban J connectivity index is 1.63. The molecule has 6 nitrogen and oxygen atoms in total. The predicted molar refractivity (Wildman–Crippen MR) is 116 cm³/mol. The van der Waals surface area contributed by atoms with E-state index < -0.39 is 0 Å². The van der Waals surface area contributed by atoms with Crippen LogP contribution in [0.5, 0.6) is 11.5 Å². The molecule has 2 unspecified atom stereocenters. The number of ether oxygens (including phenoxy) is 3. The normalized spacial score (nSPS) is 19.5. The average molecular weight is 416 g/mol. The van der Waals surface area contributed by atoms with Crippen LogP contribution in [0, 0.1) is 5.82 Å². The molecule has 0 aromatic heterocycles. The van der Waals surface area contributed by atoms with E-state index in [-0.39, 0.29) is 18.0 Å². The number of aliphatic imine (C=N–C) groups is 1. The molecule has 0 amide bonds. The van der Waals surface area contributed by atoms with Gasteiger partial charge in [0.05, 0.1) is 26.9 Å². The second kappa shape index (κ2) is 10.3. The van der Waals surface area contributed by atoms with Gasteiger partial charge in [-0.15, -0.1) is 0 Å². The number of hydrogen-bond donors (Lipinski definition) is 1. The van der Waals surface area contributed by atoms with Gasteiger partial charge in [0.1, 0.15) is 23.4 Å². The van der Waals surface area contributed by atoms with E-state index >= 15 is 0 Å². The molecule has 0 aliphatic carbocycles. The number of nitrogens with zero attached hydrogens (tertiary/aromatic N) is 2. The molecule has 0 bridgehead atoms. The first-order valence-electron chi connectivity index (χ1n) is 10.1. The van der Waals surface area contributed by atoms with E-state index in [9.17, 15) is 4.39 Å². The minimum absolute atomic E-state index is 0.0332. The Kier molecular flexibility index (Phi) is 7.52. The Morgan fingerprint density at radius 2 is 1.93 bits per heavy atom. The molecule has 7 heteroatoms. The van der Waals surface area contributed by atoms with Gasteiger partial charge in [0.2, 0.25) is 0 Å². The summed E-state index contributed by atoms with van der Waals surface area (Å²) in [6, 6.07) is 12.3. The summed E-state index contributed by atoms with van der Waals surface area (Å²) in [5.41, 5.74) is 2.03. The van der Waals surface area contributed by atoms with Gasteiger partial charge in [-0.2, -0.15) is 0 Å². The van der Waals surface area contributed by atoms with Crippen molar-refractivity contribution in [1.29, 1.82) is 0 Å². The van der Waals surface area contributed by atoms with Gasteiger partial charge in [-0.3, -0.25) is 4.99 Å². The highest BCUT2D eigenvalue weighted by molar-refractivity contribution is 5.80. The maximum Gasteiger partial charge on any atom is 0.193 e. The molecule has 2 aromatic carbocycles. The Bertz CT molecular complexity index is 857. The summed E-state index contributed by atoms with van der Waals surface area (Å²) in [4.78, 5) is 6.64. The molecule has 0 radical (unpaired) electrons. The summed E-state index contributed by atoms with van der Waals surface area (Å²) in [7, 11) is 5.10. The van der Waals surface area contributed by atoms with Crippen LogP contribution in [0.3, 0.4) is 0 Å². The van der Waals surface area contributed by atoms with E-state index in [4.69, 9.17) is 14.2 Å². The van der Waals surface area contributed by atoms with Crippen LogP contribution in [0.1, 0.15) is 24.2 Å². The molecular weight excluding hydrogens is 385 g/mol. The van der Waals surface area contributed by atoms with Crippen LogP contribution >= 0.6 is 0 Å². The molecule has 2 atom stereocenters. The van der Waals surface area contributed by atoms with Gasteiger partial charge in [0.25, 0.3) is 0 Å². The maximum atomic E-state index is 13.3. The quantitative estimate of drug-likeness (QED) is 0.579. The molecule has 2 aromatic rings. The smallest absolute Gasteiger partial charge is 0.193 e. The number of halogens is 1. The summed E-state index contributed by atoms with van der Waals surface area (Å²) in [5.74, 6) is 2.22. The van der Waals surface area contributed by atoms with Crippen LogP contribution in [-0.2, 0) is 11.2 Å². The third-order valence-electron chi connectivity index (χ3n) is 5.18. The van der Waals surface area contributed by atoms with Crippen molar-refractivity contribution >= 4 is 5.96 Å². The largest absolute Gasteiger partial charge is 0.497 e. The van der Waals surface area contributed by atoms with Crippen molar-refractivity contribution in [2.24, 2.45) is 4.99 Å². The van der Waals surface area contributed by atoms with E-state index in [1.807, 2.05) is 25.1 Å². The fourth-order valence-electron chi connectivity index (χ4n) is 3.70. The standard InChI is InChI=1S/C23H30FN3O3/c1-16-14-27(15-22(30-16)17-5-7-19(24)8-6-17)23(25-2)26-12-11-18-13-20(28-3)9-10-21(18)29-4/h5-10,13,16,22H,11-12,14-15H2,1-4H3,(H,25,26). The van der Waals surface area contributed by atoms with Crippen LogP contribution in [-0.4, -0.2) is 57.9 Å². The van der Waals surface area contributed by atoms with E-state index in [1.54, 1.807) is 33.4 Å². The fraction of sp³-hybridized carbons (Fsp3) is 0.435. The van der Waals surface area contributed by atoms with Gasteiger partial charge in [-0.25, -0.2) is 4.39 Å². The topological polar surface area (TPSA) is 55.3 Å². The van der Waals surface area contributed by atoms with Crippen LogP contribution in [0.4, 0.5) is 4.39 Å². The third-order valence-corrected chi connectivity index (χ3v) is 5.18.